The molecule has 1 N–H and O–H groups in total. The van der Waals surface area contributed by atoms with Gasteiger partial charge in [-0.2, -0.15) is 0 Å². The van der Waals surface area contributed by atoms with Crippen molar-refractivity contribution in [3.8, 4) is 0 Å². The zero-order valence-electron chi connectivity index (χ0n) is 11.6. The summed E-state index contributed by atoms with van der Waals surface area (Å²) < 4.78 is 52.2. The van der Waals surface area contributed by atoms with Crippen LogP contribution in [0, 0.1) is 23.3 Å². The lowest BCUT2D eigenvalue weighted by Crippen LogP contribution is -2.22. The first-order chi connectivity index (χ1) is 9.88. The maximum Gasteiger partial charge on any atom is 0.159 e. The van der Waals surface area contributed by atoms with Gasteiger partial charge in [0.1, 0.15) is 0 Å². The van der Waals surface area contributed by atoms with E-state index >= 15 is 0 Å². The molecular weight excluding hydrogens is 282 g/mol. The summed E-state index contributed by atoms with van der Waals surface area (Å²) >= 11 is 0. The summed E-state index contributed by atoms with van der Waals surface area (Å²) in [6.45, 7) is 3.56. The summed E-state index contributed by atoms with van der Waals surface area (Å²) in [5.41, 5.74) is 1.15. The van der Waals surface area contributed by atoms with Crippen LogP contribution in [0.3, 0.4) is 0 Å². The van der Waals surface area contributed by atoms with E-state index < -0.39 is 23.3 Å². The molecule has 0 heterocycles. The van der Waals surface area contributed by atoms with Crippen LogP contribution < -0.4 is 5.32 Å². The Balaban J connectivity index is 2.12. The molecule has 2 rings (SSSR count). The molecule has 2 unspecified atom stereocenters. The highest BCUT2D eigenvalue weighted by atomic mass is 19.2. The Morgan fingerprint density at radius 1 is 0.667 bits per heavy atom. The van der Waals surface area contributed by atoms with Gasteiger partial charge in [-0.05, 0) is 49.2 Å². The van der Waals surface area contributed by atoms with E-state index in [-0.39, 0.29) is 12.1 Å². The Kier molecular flexibility index (Phi) is 4.63. The van der Waals surface area contributed by atoms with Gasteiger partial charge in [0.2, 0.25) is 0 Å². The number of nitrogens with one attached hydrogen (secondary N) is 1. The van der Waals surface area contributed by atoms with E-state index in [1.54, 1.807) is 13.8 Å². The van der Waals surface area contributed by atoms with E-state index in [2.05, 4.69) is 5.32 Å². The summed E-state index contributed by atoms with van der Waals surface area (Å²) in [5, 5.41) is 3.13. The second kappa shape index (κ2) is 6.26. The topological polar surface area (TPSA) is 12.0 Å². The average Bonchev–Trinajstić information content (AvgIpc) is 2.44. The monoisotopic (exact) mass is 297 g/mol. The van der Waals surface area contributed by atoms with Crippen molar-refractivity contribution >= 4 is 0 Å². The van der Waals surface area contributed by atoms with Crippen molar-refractivity contribution in [2.24, 2.45) is 0 Å². The number of halogens is 4. The standard InChI is InChI=1S/C16H15F4N/c1-9(11-3-5-13(17)15(19)7-11)21-10(2)12-4-6-14(18)16(20)8-12/h3-10,21H,1-2H3. The molecule has 0 saturated carbocycles. The van der Waals surface area contributed by atoms with Crippen molar-refractivity contribution < 1.29 is 17.6 Å². The minimum Gasteiger partial charge on any atom is -0.304 e. The Morgan fingerprint density at radius 3 is 1.38 bits per heavy atom. The Morgan fingerprint density at radius 2 is 1.05 bits per heavy atom. The highest BCUT2D eigenvalue weighted by Crippen LogP contribution is 2.22. The number of hydrogen-bond donors (Lipinski definition) is 1. The molecule has 0 aromatic heterocycles. The predicted octanol–water partition coefficient (Wildman–Crippen LogP) is 4.65. The molecule has 2 atom stereocenters. The molecule has 0 bridgehead atoms. The number of hydrogen-bond acceptors (Lipinski definition) is 1. The molecular formula is C16H15F4N. The third-order valence-electron chi connectivity index (χ3n) is 3.39. The van der Waals surface area contributed by atoms with Gasteiger partial charge in [-0.1, -0.05) is 12.1 Å². The second-order valence-corrected chi connectivity index (χ2v) is 4.96. The van der Waals surface area contributed by atoms with E-state index in [9.17, 15) is 17.6 Å². The molecule has 5 heteroatoms. The number of benzene rings is 2. The zero-order valence-corrected chi connectivity index (χ0v) is 11.6. The van der Waals surface area contributed by atoms with E-state index in [1.807, 2.05) is 0 Å². The summed E-state index contributed by atoms with van der Waals surface area (Å²) in [5.74, 6) is -3.64. The van der Waals surface area contributed by atoms with Crippen LogP contribution in [0.1, 0.15) is 37.1 Å². The lowest BCUT2D eigenvalue weighted by Gasteiger charge is -2.21. The molecule has 0 aliphatic heterocycles. The molecule has 0 spiro atoms. The second-order valence-electron chi connectivity index (χ2n) is 4.96. The van der Waals surface area contributed by atoms with Crippen LogP contribution in [-0.4, -0.2) is 0 Å². The first kappa shape index (κ1) is 15.5. The minimum atomic E-state index is -0.915. The SMILES string of the molecule is CC(NC(C)c1ccc(F)c(F)c1)c1ccc(F)c(F)c1. The van der Waals surface area contributed by atoms with Crippen LogP contribution in [0.4, 0.5) is 17.6 Å². The largest absolute Gasteiger partial charge is 0.304 e. The minimum absolute atomic E-state index is 0.275. The fourth-order valence-corrected chi connectivity index (χ4v) is 2.13. The van der Waals surface area contributed by atoms with Crippen LogP contribution in [-0.2, 0) is 0 Å². The van der Waals surface area contributed by atoms with Crippen LogP contribution in [0.25, 0.3) is 0 Å². The third-order valence-corrected chi connectivity index (χ3v) is 3.39. The smallest absolute Gasteiger partial charge is 0.159 e. The van der Waals surface area contributed by atoms with E-state index in [1.165, 1.54) is 12.1 Å². The van der Waals surface area contributed by atoms with Gasteiger partial charge in [0.05, 0.1) is 0 Å². The van der Waals surface area contributed by atoms with Gasteiger partial charge in [-0.15, -0.1) is 0 Å². The lowest BCUT2D eigenvalue weighted by molar-refractivity contribution is 0.472. The molecule has 112 valence electrons. The summed E-state index contributed by atoms with van der Waals surface area (Å²) in [4.78, 5) is 0. The first-order valence-electron chi connectivity index (χ1n) is 6.54. The summed E-state index contributed by atoms with van der Waals surface area (Å²) in [7, 11) is 0. The van der Waals surface area contributed by atoms with Crippen LogP contribution in [0.2, 0.25) is 0 Å². The lowest BCUT2D eigenvalue weighted by atomic mass is 10.0. The number of rotatable bonds is 4. The molecule has 2 aromatic carbocycles. The highest BCUT2D eigenvalue weighted by molar-refractivity contribution is 5.24. The van der Waals surface area contributed by atoms with Crippen LogP contribution >= 0.6 is 0 Å². The Labute approximate surface area is 120 Å². The predicted molar refractivity (Wildman–Crippen MR) is 72.7 cm³/mol. The van der Waals surface area contributed by atoms with Gasteiger partial charge < -0.3 is 5.32 Å². The van der Waals surface area contributed by atoms with Crippen LogP contribution in [0.15, 0.2) is 36.4 Å². The van der Waals surface area contributed by atoms with E-state index in [0.717, 1.165) is 24.3 Å². The summed E-state index contributed by atoms with van der Waals surface area (Å²) in [6, 6.07) is 6.76. The third kappa shape index (κ3) is 3.61. The molecule has 0 aliphatic rings. The molecule has 0 radical (unpaired) electrons. The fraction of sp³-hybridized carbons (Fsp3) is 0.250. The van der Waals surface area contributed by atoms with Gasteiger partial charge >= 0.3 is 0 Å². The van der Waals surface area contributed by atoms with E-state index in [4.69, 9.17) is 0 Å². The molecule has 2 aromatic rings. The van der Waals surface area contributed by atoms with Crippen molar-refractivity contribution in [2.75, 3.05) is 0 Å². The molecule has 21 heavy (non-hydrogen) atoms. The maximum absolute atomic E-state index is 13.2. The molecule has 0 aliphatic carbocycles. The normalized spacial score (nSPS) is 14.0. The average molecular weight is 297 g/mol. The van der Waals surface area contributed by atoms with E-state index in [0.29, 0.717) is 11.1 Å². The maximum atomic E-state index is 13.2. The molecule has 0 fully saturated rings. The Bertz CT molecular complexity index is 587. The van der Waals surface area contributed by atoms with Gasteiger partial charge in [-0.25, -0.2) is 17.6 Å². The molecule has 0 amide bonds. The van der Waals surface area contributed by atoms with Crippen molar-refractivity contribution in [3.63, 3.8) is 0 Å². The van der Waals surface area contributed by atoms with Crippen molar-refractivity contribution in [1.29, 1.82) is 0 Å². The molecule has 0 saturated heterocycles. The zero-order chi connectivity index (χ0) is 15.6. The van der Waals surface area contributed by atoms with Crippen LogP contribution in [0.5, 0.6) is 0 Å². The van der Waals surface area contributed by atoms with Crippen molar-refractivity contribution in [3.05, 3.63) is 70.8 Å². The van der Waals surface area contributed by atoms with Gasteiger partial charge in [0, 0.05) is 12.1 Å². The van der Waals surface area contributed by atoms with Gasteiger partial charge in [0.15, 0.2) is 23.3 Å². The Hall–Kier alpha value is -1.88. The van der Waals surface area contributed by atoms with Gasteiger partial charge in [0.25, 0.3) is 0 Å². The van der Waals surface area contributed by atoms with Crippen molar-refractivity contribution in [2.45, 2.75) is 25.9 Å². The fourth-order valence-electron chi connectivity index (χ4n) is 2.13. The van der Waals surface area contributed by atoms with Crippen molar-refractivity contribution in [1.82, 2.24) is 5.32 Å². The molecule has 1 nitrogen and oxygen atoms in total. The quantitative estimate of drug-likeness (QED) is 0.810. The van der Waals surface area contributed by atoms with Gasteiger partial charge in [-0.3, -0.25) is 0 Å². The summed E-state index contributed by atoms with van der Waals surface area (Å²) in [6.07, 6.45) is 0. The highest BCUT2D eigenvalue weighted by Gasteiger charge is 2.14. The first-order valence-corrected chi connectivity index (χ1v) is 6.54.